The van der Waals surface area contributed by atoms with Gasteiger partial charge in [0.05, 0.1) is 11.9 Å². The standard InChI is InChI=1S/C15H18N2O5/c1-2-8-16-13(18)10-21-14(19)7-9-17-11-5-3-4-6-12(11)22-15(17)20/h3-6H,2,7-10H2,1H3,(H,16,18). The molecule has 1 N–H and O–H groups in total. The smallest absolute Gasteiger partial charge is 0.419 e. The first-order valence-electron chi connectivity index (χ1n) is 7.12. The second-order valence-electron chi connectivity index (χ2n) is 4.75. The molecular formula is C15H18N2O5. The third-order valence-electron chi connectivity index (χ3n) is 3.05. The van der Waals surface area contributed by atoms with Gasteiger partial charge in [-0.15, -0.1) is 0 Å². The number of fused-ring (bicyclic) bond motifs is 1. The zero-order chi connectivity index (χ0) is 15.9. The number of benzene rings is 1. The average molecular weight is 306 g/mol. The lowest BCUT2D eigenvalue weighted by Gasteiger charge is -2.06. The number of ether oxygens (including phenoxy) is 1. The van der Waals surface area contributed by atoms with Crippen molar-refractivity contribution >= 4 is 23.0 Å². The number of carbonyl (C=O) groups excluding carboxylic acids is 2. The quantitative estimate of drug-likeness (QED) is 0.772. The van der Waals surface area contributed by atoms with Crippen LogP contribution in [0.1, 0.15) is 19.8 Å². The van der Waals surface area contributed by atoms with Gasteiger partial charge in [-0.1, -0.05) is 19.1 Å². The van der Waals surface area contributed by atoms with Crippen molar-refractivity contribution in [2.24, 2.45) is 0 Å². The fourth-order valence-electron chi connectivity index (χ4n) is 1.96. The number of aromatic nitrogens is 1. The SMILES string of the molecule is CCCNC(=O)COC(=O)CCn1c(=O)oc2ccccc21. The summed E-state index contributed by atoms with van der Waals surface area (Å²) >= 11 is 0. The first kappa shape index (κ1) is 15.8. The third-order valence-corrected chi connectivity index (χ3v) is 3.05. The third kappa shape index (κ3) is 3.97. The Morgan fingerprint density at radius 2 is 2.09 bits per heavy atom. The van der Waals surface area contributed by atoms with Gasteiger partial charge in [0.1, 0.15) is 0 Å². The molecule has 22 heavy (non-hydrogen) atoms. The largest absolute Gasteiger partial charge is 0.456 e. The molecule has 0 unspecified atom stereocenters. The van der Waals surface area contributed by atoms with E-state index in [-0.39, 0.29) is 25.5 Å². The second-order valence-corrected chi connectivity index (χ2v) is 4.75. The molecule has 0 aliphatic rings. The topological polar surface area (TPSA) is 90.5 Å². The van der Waals surface area contributed by atoms with E-state index in [0.717, 1.165) is 6.42 Å². The van der Waals surface area contributed by atoms with Crippen molar-refractivity contribution in [1.82, 2.24) is 9.88 Å². The van der Waals surface area contributed by atoms with Gasteiger partial charge in [0.2, 0.25) is 0 Å². The summed E-state index contributed by atoms with van der Waals surface area (Å²) in [6.07, 6.45) is 0.806. The summed E-state index contributed by atoms with van der Waals surface area (Å²) in [5, 5.41) is 2.60. The van der Waals surface area contributed by atoms with Crippen molar-refractivity contribution in [3.8, 4) is 0 Å². The van der Waals surface area contributed by atoms with Gasteiger partial charge in [-0.05, 0) is 18.6 Å². The molecule has 2 aromatic rings. The van der Waals surface area contributed by atoms with E-state index in [0.29, 0.717) is 17.6 Å². The maximum atomic E-state index is 11.7. The molecular weight excluding hydrogens is 288 g/mol. The normalized spacial score (nSPS) is 10.6. The number of hydrogen-bond acceptors (Lipinski definition) is 5. The minimum Gasteiger partial charge on any atom is -0.456 e. The summed E-state index contributed by atoms with van der Waals surface area (Å²) in [6.45, 7) is 2.32. The van der Waals surface area contributed by atoms with Crippen LogP contribution < -0.4 is 11.1 Å². The molecule has 0 spiro atoms. The number of aryl methyl sites for hydroxylation is 1. The lowest BCUT2D eigenvalue weighted by Crippen LogP contribution is -2.29. The first-order chi connectivity index (χ1) is 10.6. The molecule has 1 heterocycles. The Kier molecular flexibility index (Phi) is 5.35. The van der Waals surface area contributed by atoms with Gasteiger partial charge in [-0.3, -0.25) is 14.2 Å². The summed E-state index contributed by atoms with van der Waals surface area (Å²) in [4.78, 5) is 34.6. The number of hydrogen-bond donors (Lipinski definition) is 1. The van der Waals surface area contributed by atoms with E-state index in [1.165, 1.54) is 4.57 Å². The maximum absolute atomic E-state index is 11.7. The number of rotatable bonds is 7. The lowest BCUT2D eigenvalue weighted by molar-refractivity contribution is -0.148. The number of esters is 1. The molecule has 1 amide bonds. The highest BCUT2D eigenvalue weighted by Gasteiger charge is 2.12. The molecule has 1 aromatic carbocycles. The summed E-state index contributed by atoms with van der Waals surface area (Å²) < 4.78 is 11.3. The van der Waals surface area contributed by atoms with Crippen LogP contribution in [0.3, 0.4) is 0 Å². The second kappa shape index (κ2) is 7.44. The first-order valence-corrected chi connectivity index (χ1v) is 7.12. The van der Waals surface area contributed by atoms with Crippen molar-refractivity contribution in [2.45, 2.75) is 26.3 Å². The van der Waals surface area contributed by atoms with Crippen LogP contribution in [0.2, 0.25) is 0 Å². The molecule has 0 bridgehead atoms. The highest BCUT2D eigenvalue weighted by molar-refractivity contribution is 5.80. The van der Waals surface area contributed by atoms with Crippen LogP contribution in [0.4, 0.5) is 0 Å². The minimum atomic E-state index is -0.538. The molecule has 118 valence electrons. The van der Waals surface area contributed by atoms with Crippen LogP contribution >= 0.6 is 0 Å². The zero-order valence-corrected chi connectivity index (χ0v) is 12.3. The number of nitrogens with zero attached hydrogens (tertiary/aromatic N) is 1. The summed E-state index contributed by atoms with van der Waals surface area (Å²) in [7, 11) is 0. The molecule has 0 saturated carbocycles. The maximum Gasteiger partial charge on any atom is 0.419 e. The van der Waals surface area contributed by atoms with E-state index in [9.17, 15) is 14.4 Å². The van der Waals surface area contributed by atoms with E-state index in [1.54, 1.807) is 24.3 Å². The van der Waals surface area contributed by atoms with Crippen LogP contribution in [-0.2, 0) is 20.9 Å². The minimum absolute atomic E-state index is 0.00943. The highest BCUT2D eigenvalue weighted by atomic mass is 16.5. The van der Waals surface area contributed by atoms with Gasteiger partial charge in [0, 0.05) is 13.1 Å². The van der Waals surface area contributed by atoms with Crippen molar-refractivity contribution in [1.29, 1.82) is 0 Å². The monoisotopic (exact) mass is 306 g/mol. The molecule has 0 saturated heterocycles. The predicted molar refractivity (Wildman–Crippen MR) is 79.4 cm³/mol. The molecule has 0 aliphatic carbocycles. The molecule has 0 aliphatic heterocycles. The Labute approximate surface area is 126 Å². The Morgan fingerprint density at radius 3 is 2.86 bits per heavy atom. The predicted octanol–water partition coefficient (Wildman–Crippen LogP) is 1.05. The van der Waals surface area contributed by atoms with Crippen LogP contribution in [0.5, 0.6) is 0 Å². The molecule has 0 fully saturated rings. The van der Waals surface area contributed by atoms with Crippen LogP contribution in [0, 0.1) is 0 Å². The van der Waals surface area contributed by atoms with E-state index in [1.807, 2.05) is 6.92 Å². The number of carbonyl (C=O) groups is 2. The Hall–Kier alpha value is -2.57. The Balaban J connectivity index is 1.87. The van der Waals surface area contributed by atoms with E-state index in [4.69, 9.17) is 9.15 Å². The molecule has 0 atom stereocenters. The number of amides is 1. The van der Waals surface area contributed by atoms with Gasteiger partial charge in [-0.2, -0.15) is 0 Å². The molecule has 1 aromatic heterocycles. The zero-order valence-electron chi connectivity index (χ0n) is 12.3. The summed E-state index contributed by atoms with van der Waals surface area (Å²) in [5.41, 5.74) is 1.10. The summed E-state index contributed by atoms with van der Waals surface area (Å²) in [6, 6.07) is 6.97. The summed E-state index contributed by atoms with van der Waals surface area (Å²) in [5.74, 6) is -1.39. The number of para-hydroxylation sites is 2. The van der Waals surface area contributed by atoms with Crippen LogP contribution in [-0.4, -0.2) is 29.6 Å². The average Bonchev–Trinajstić information content (AvgIpc) is 2.84. The Bertz CT molecular complexity index is 716. The van der Waals surface area contributed by atoms with Crippen molar-refractivity contribution in [3.63, 3.8) is 0 Å². The van der Waals surface area contributed by atoms with E-state index in [2.05, 4.69) is 5.32 Å². The fourth-order valence-corrected chi connectivity index (χ4v) is 1.96. The van der Waals surface area contributed by atoms with Gasteiger partial charge in [-0.25, -0.2) is 4.79 Å². The molecule has 7 nitrogen and oxygen atoms in total. The fraction of sp³-hybridized carbons (Fsp3) is 0.400. The van der Waals surface area contributed by atoms with Gasteiger partial charge >= 0.3 is 11.7 Å². The van der Waals surface area contributed by atoms with Crippen molar-refractivity contribution in [2.75, 3.05) is 13.2 Å². The number of oxazole rings is 1. The molecule has 7 heteroatoms. The van der Waals surface area contributed by atoms with Crippen LogP contribution in [0.15, 0.2) is 33.5 Å². The van der Waals surface area contributed by atoms with E-state index < -0.39 is 11.7 Å². The molecule has 0 radical (unpaired) electrons. The Morgan fingerprint density at radius 1 is 1.32 bits per heavy atom. The lowest BCUT2D eigenvalue weighted by atomic mass is 10.3. The number of nitrogens with one attached hydrogen (secondary N) is 1. The van der Waals surface area contributed by atoms with Crippen LogP contribution in [0.25, 0.3) is 11.1 Å². The van der Waals surface area contributed by atoms with E-state index >= 15 is 0 Å². The van der Waals surface area contributed by atoms with Gasteiger partial charge in [0.25, 0.3) is 5.91 Å². The van der Waals surface area contributed by atoms with Crippen molar-refractivity contribution in [3.05, 3.63) is 34.8 Å². The molecule has 2 rings (SSSR count). The highest BCUT2D eigenvalue weighted by Crippen LogP contribution is 2.12. The van der Waals surface area contributed by atoms with Gasteiger partial charge in [0.15, 0.2) is 12.2 Å². The van der Waals surface area contributed by atoms with Crippen molar-refractivity contribution < 1.29 is 18.7 Å². The van der Waals surface area contributed by atoms with Gasteiger partial charge < -0.3 is 14.5 Å².